The molecule has 1 aliphatic heterocycles. The Morgan fingerprint density at radius 3 is 3.12 bits per heavy atom. The summed E-state index contributed by atoms with van der Waals surface area (Å²) in [5.41, 5.74) is 3.42. The highest BCUT2D eigenvalue weighted by molar-refractivity contribution is 6.00. The standard InChI is InChI=1S/C10H12N4O2/c1-3-8(15)14-7-5-4-6-11-9(7)12-10(13-14)16-2/h4-6H,3H2,1-2H3,(H,11,12,13). The number of hydrazine groups is 1. The highest BCUT2D eigenvalue weighted by Gasteiger charge is 2.24. The number of carbonyl (C=O) groups excluding carboxylic acids is 1. The van der Waals surface area contributed by atoms with Crippen molar-refractivity contribution in [3.05, 3.63) is 18.3 Å². The lowest BCUT2D eigenvalue weighted by atomic mass is 10.3. The maximum atomic E-state index is 11.7. The average Bonchev–Trinajstić information content (AvgIpc) is 2.36. The smallest absolute Gasteiger partial charge is 0.311 e. The van der Waals surface area contributed by atoms with E-state index in [0.29, 0.717) is 17.9 Å². The third-order valence-electron chi connectivity index (χ3n) is 2.17. The number of aliphatic imine (C=N–C) groups is 1. The fourth-order valence-electron chi connectivity index (χ4n) is 1.37. The Morgan fingerprint density at radius 2 is 2.44 bits per heavy atom. The molecular weight excluding hydrogens is 208 g/mol. The zero-order chi connectivity index (χ0) is 11.5. The van der Waals surface area contributed by atoms with E-state index in [0.717, 1.165) is 0 Å². The second-order valence-electron chi connectivity index (χ2n) is 3.16. The molecule has 6 heteroatoms. The molecule has 1 aliphatic rings. The first-order chi connectivity index (χ1) is 7.76. The fourth-order valence-corrected chi connectivity index (χ4v) is 1.37. The first kappa shape index (κ1) is 10.4. The van der Waals surface area contributed by atoms with Gasteiger partial charge in [0, 0.05) is 12.6 Å². The van der Waals surface area contributed by atoms with Gasteiger partial charge in [0.05, 0.1) is 7.11 Å². The van der Waals surface area contributed by atoms with Gasteiger partial charge in [-0.05, 0) is 12.1 Å². The van der Waals surface area contributed by atoms with Gasteiger partial charge >= 0.3 is 6.02 Å². The summed E-state index contributed by atoms with van der Waals surface area (Å²) in [6, 6.07) is 3.79. The number of amides is 1. The van der Waals surface area contributed by atoms with E-state index in [2.05, 4.69) is 15.4 Å². The summed E-state index contributed by atoms with van der Waals surface area (Å²) >= 11 is 0. The van der Waals surface area contributed by atoms with E-state index in [1.807, 2.05) is 0 Å². The van der Waals surface area contributed by atoms with Crippen LogP contribution in [-0.2, 0) is 9.53 Å². The van der Waals surface area contributed by atoms with Crippen LogP contribution in [0.4, 0.5) is 11.5 Å². The van der Waals surface area contributed by atoms with Gasteiger partial charge < -0.3 is 4.74 Å². The Bertz CT molecular complexity index is 444. The largest absolute Gasteiger partial charge is 0.467 e. The van der Waals surface area contributed by atoms with Crippen LogP contribution in [0.25, 0.3) is 0 Å². The quantitative estimate of drug-likeness (QED) is 0.766. The van der Waals surface area contributed by atoms with Gasteiger partial charge in [0.25, 0.3) is 0 Å². The van der Waals surface area contributed by atoms with Crippen molar-refractivity contribution in [1.82, 2.24) is 10.4 Å². The number of pyridine rings is 1. The predicted octanol–water partition coefficient (Wildman–Crippen LogP) is 0.977. The van der Waals surface area contributed by atoms with Crippen molar-refractivity contribution in [2.45, 2.75) is 13.3 Å². The second-order valence-corrected chi connectivity index (χ2v) is 3.16. The van der Waals surface area contributed by atoms with Crippen LogP contribution in [0.5, 0.6) is 0 Å². The molecule has 2 rings (SSSR count). The van der Waals surface area contributed by atoms with Crippen molar-refractivity contribution in [3.8, 4) is 0 Å². The third-order valence-corrected chi connectivity index (χ3v) is 2.17. The van der Waals surface area contributed by atoms with E-state index in [9.17, 15) is 4.79 Å². The molecule has 1 aromatic rings. The molecule has 0 radical (unpaired) electrons. The monoisotopic (exact) mass is 220 g/mol. The van der Waals surface area contributed by atoms with Gasteiger partial charge in [-0.3, -0.25) is 4.79 Å². The van der Waals surface area contributed by atoms with Crippen molar-refractivity contribution >= 4 is 23.4 Å². The van der Waals surface area contributed by atoms with E-state index < -0.39 is 0 Å². The molecule has 0 saturated carbocycles. The molecule has 0 saturated heterocycles. The Kier molecular flexibility index (Phi) is 2.72. The molecule has 1 amide bonds. The maximum absolute atomic E-state index is 11.7. The van der Waals surface area contributed by atoms with Gasteiger partial charge in [-0.15, -0.1) is 0 Å². The number of fused-ring (bicyclic) bond motifs is 1. The lowest BCUT2D eigenvalue weighted by Gasteiger charge is -2.27. The Balaban J connectivity index is 2.44. The summed E-state index contributed by atoms with van der Waals surface area (Å²) in [4.78, 5) is 19.9. The molecule has 2 heterocycles. The molecule has 0 aliphatic carbocycles. The van der Waals surface area contributed by atoms with Crippen LogP contribution < -0.4 is 10.4 Å². The summed E-state index contributed by atoms with van der Waals surface area (Å²) in [5.74, 6) is 0.401. The maximum Gasteiger partial charge on any atom is 0.311 e. The normalized spacial score (nSPS) is 13.6. The summed E-state index contributed by atoms with van der Waals surface area (Å²) in [6.07, 6.45) is 2.01. The van der Waals surface area contributed by atoms with E-state index >= 15 is 0 Å². The van der Waals surface area contributed by atoms with Gasteiger partial charge in [-0.1, -0.05) is 6.92 Å². The Labute approximate surface area is 92.9 Å². The summed E-state index contributed by atoms with van der Waals surface area (Å²) in [7, 11) is 1.48. The van der Waals surface area contributed by atoms with Crippen molar-refractivity contribution in [1.29, 1.82) is 0 Å². The minimum absolute atomic E-state index is 0.0706. The number of nitrogens with zero attached hydrogens (tertiary/aromatic N) is 3. The van der Waals surface area contributed by atoms with Crippen LogP contribution in [-0.4, -0.2) is 24.0 Å². The minimum atomic E-state index is -0.0706. The molecule has 0 spiro atoms. The summed E-state index contributed by atoms with van der Waals surface area (Å²) < 4.78 is 4.98. The highest BCUT2D eigenvalue weighted by atomic mass is 16.5. The van der Waals surface area contributed by atoms with Crippen LogP contribution in [0.2, 0.25) is 0 Å². The van der Waals surface area contributed by atoms with Crippen LogP contribution in [0, 0.1) is 0 Å². The van der Waals surface area contributed by atoms with Gasteiger partial charge in [0.1, 0.15) is 5.69 Å². The number of nitrogens with one attached hydrogen (secondary N) is 1. The number of rotatable bonds is 1. The van der Waals surface area contributed by atoms with Crippen LogP contribution >= 0.6 is 0 Å². The first-order valence-corrected chi connectivity index (χ1v) is 4.93. The number of hydrogen-bond acceptors (Lipinski definition) is 5. The lowest BCUT2D eigenvalue weighted by molar-refractivity contribution is -0.118. The number of hydrogen-bond donors (Lipinski definition) is 1. The number of carbonyl (C=O) groups is 1. The van der Waals surface area contributed by atoms with E-state index in [4.69, 9.17) is 4.74 Å². The van der Waals surface area contributed by atoms with Crippen molar-refractivity contribution in [2.24, 2.45) is 4.99 Å². The molecule has 0 unspecified atom stereocenters. The predicted molar refractivity (Wildman–Crippen MR) is 59.3 cm³/mol. The summed E-state index contributed by atoms with van der Waals surface area (Å²) in [5, 5.41) is 1.40. The number of anilines is 1. The lowest BCUT2D eigenvalue weighted by Crippen LogP contribution is -2.48. The zero-order valence-electron chi connectivity index (χ0n) is 9.10. The molecule has 84 valence electrons. The zero-order valence-corrected chi connectivity index (χ0v) is 9.10. The fraction of sp³-hybridized carbons (Fsp3) is 0.300. The molecule has 0 atom stereocenters. The van der Waals surface area contributed by atoms with E-state index in [1.165, 1.54) is 12.1 Å². The molecule has 1 N–H and O–H groups in total. The number of methoxy groups -OCH3 is 1. The molecule has 0 aromatic carbocycles. The Morgan fingerprint density at radius 1 is 1.62 bits per heavy atom. The van der Waals surface area contributed by atoms with Gasteiger partial charge in [-0.2, -0.15) is 4.99 Å². The third kappa shape index (κ3) is 1.69. The molecule has 6 nitrogen and oxygen atoms in total. The highest BCUT2D eigenvalue weighted by Crippen LogP contribution is 2.27. The molecule has 16 heavy (non-hydrogen) atoms. The van der Waals surface area contributed by atoms with Crippen molar-refractivity contribution in [3.63, 3.8) is 0 Å². The van der Waals surface area contributed by atoms with Gasteiger partial charge in [0.15, 0.2) is 5.82 Å². The molecule has 1 aromatic heterocycles. The SMILES string of the molecule is CCC(=O)N1NC(OC)=Nc2ncccc21. The second kappa shape index (κ2) is 4.18. The van der Waals surface area contributed by atoms with Crippen LogP contribution in [0.15, 0.2) is 23.3 Å². The van der Waals surface area contributed by atoms with Gasteiger partial charge in [-0.25, -0.2) is 15.4 Å². The van der Waals surface area contributed by atoms with Gasteiger partial charge in [0.2, 0.25) is 5.91 Å². The number of aromatic nitrogens is 1. The van der Waals surface area contributed by atoms with Crippen molar-refractivity contribution < 1.29 is 9.53 Å². The molecular formula is C10H12N4O2. The van der Waals surface area contributed by atoms with Crippen molar-refractivity contribution in [2.75, 3.05) is 12.1 Å². The number of ether oxygens (including phenoxy) is 1. The van der Waals surface area contributed by atoms with E-state index in [1.54, 1.807) is 25.3 Å². The van der Waals surface area contributed by atoms with E-state index in [-0.39, 0.29) is 11.9 Å². The Hall–Kier alpha value is -2.11. The number of amidine groups is 1. The molecule has 0 fully saturated rings. The minimum Gasteiger partial charge on any atom is -0.467 e. The topological polar surface area (TPSA) is 66.8 Å². The first-order valence-electron chi connectivity index (χ1n) is 4.93. The average molecular weight is 220 g/mol. The molecule has 0 bridgehead atoms. The van der Waals surface area contributed by atoms with Crippen LogP contribution in [0.3, 0.4) is 0 Å². The van der Waals surface area contributed by atoms with Crippen LogP contribution in [0.1, 0.15) is 13.3 Å². The summed E-state index contributed by atoms with van der Waals surface area (Å²) in [6.45, 7) is 1.79.